The lowest BCUT2D eigenvalue weighted by atomic mass is 10.1. The van der Waals surface area contributed by atoms with E-state index in [-0.39, 0.29) is 5.56 Å². The van der Waals surface area contributed by atoms with Crippen LogP contribution in [0.15, 0.2) is 71.3 Å². The highest BCUT2D eigenvalue weighted by Gasteiger charge is 2.23. The van der Waals surface area contributed by atoms with E-state index >= 15 is 0 Å². The van der Waals surface area contributed by atoms with Crippen LogP contribution in [0.5, 0.6) is 0 Å². The highest BCUT2D eigenvalue weighted by atomic mass is 16.5. The van der Waals surface area contributed by atoms with E-state index in [1.807, 2.05) is 79.1 Å². The van der Waals surface area contributed by atoms with E-state index in [4.69, 9.17) is 4.52 Å². The van der Waals surface area contributed by atoms with E-state index in [0.717, 1.165) is 22.6 Å². The molecule has 0 radical (unpaired) electrons. The number of nitrogens with one attached hydrogen (secondary N) is 2. The minimum absolute atomic E-state index is 0.279. The predicted octanol–water partition coefficient (Wildman–Crippen LogP) is 4.13. The Bertz CT molecular complexity index is 1240. The van der Waals surface area contributed by atoms with E-state index in [2.05, 4.69) is 16.0 Å². The van der Waals surface area contributed by atoms with Crippen molar-refractivity contribution < 1.29 is 14.1 Å². The Morgan fingerprint density at radius 1 is 0.871 bits per heavy atom. The van der Waals surface area contributed by atoms with Crippen molar-refractivity contribution in [3.8, 4) is 16.9 Å². The quantitative estimate of drug-likeness (QED) is 0.492. The maximum absolute atomic E-state index is 12.8. The highest BCUT2D eigenvalue weighted by Crippen LogP contribution is 2.25. The summed E-state index contributed by atoms with van der Waals surface area (Å²) in [6.45, 7) is 5.46. The van der Waals surface area contributed by atoms with E-state index in [9.17, 15) is 9.59 Å². The molecule has 0 fully saturated rings. The second-order valence-corrected chi connectivity index (χ2v) is 7.19. The summed E-state index contributed by atoms with van der Waals surface area (Å²) in [6, 6.07) is 20.8. The van der Waals surface area contributed by atoms with Gasteiger partial charge in [0.2, 0.25) is 0 Å². The summed E-state index contributed by atoms with van der Waals surface area (Å²) in [7, 11) is 0. The molecule has 0 atom stereocenters. The van der Waals surface area contributed by atoms with Gasteiger partial charge in [0, 0.05) is 22.6 Å². The predicted molar refractivity (Wildman–Crippen MR) is 117 cm³/mol. The number of para-hydroxylation sites is 1. The maximum atomic E-state index is 12.8. The lowest BCUT2D eigenvalue weighted by molar-refractivity contribution is 0.0845. The van der Waals surface area contributed by atoms with Crippen LogP contribution in [0.3, 0.4) is 0 Å². The summed E-state index contributed by atoms with van der Waals surface area (Å²) in [5.74, 6) is -0.533. The van der Waals surface area contributed by atoms with Crippen molar-refractivity contribution in [1.82, 2.24) is 20.6 Å². The standard InChI is InChI=1S/C24H22N4O3/c1-15-14-20(16(2)28(15)19-12-8-5-9-13-19)23(29)25-26-24(30)21-17(3)31-27-22(21)18-10-6-4-7-11-18/h4-14H,1-3H3,(H,25,29)(H,26,30). The van der Waals surface area contributed by atoms with Gasteiger partial charge in [-0.3, -0.25) is 20.4 Å². The smallest absolute Gasteiger partial charge is 0.275 e. The van der Waals surface area contributed by atoms with Gasteiger partial charge in [-0.1, -0.05) is 53.7 Å². The number of hydrogen-bond donors (Lipinski definition) is 2. The lowest BCUT2D eigenvalue weighted by Crippen LogP contribution is -2.42. The van der Waals surface area contributed by atoms with Crippen LogP contribution in [0.4, 0.5) is 0 Å². The Hall–Kier alpha value is -4.13. The van der Waals surface area contributed by atoms with Gasteiger partial charge >= 0.3 is 0 Å². The van der Waals surface area contributed by atoms with Crippen LogP contribution in [0, 0.1) is 20.8 Å². The summed E-state index contributed by atoms with van der Waals surface area (Å²) in [5, 5.41) is 4.00. The molecule has 7 heteroatoms. The SMILES string of the molecule is Cc1onc(-c2ccccc2)c1C(=O)NNC(=O)c1cc(C)n(-c2ccccc2)c1C. The minimum atomic E-state index is -0.497. The monoisotopic (exact) mass is 414 g/mol. The number of carbonyl (C=O) groups excluding carboxylic acids is 2. The first kappa shape index (κ1) is 20.2. The Morgan fingerprint density at radius 2 is 1.48 bits per heavy atom. The molecule has 4 aromatic rings. The molecule has 2 heterocycles. The fraction of sp³-hybridized carbons (Fsp3) is 0.125. The Kier molecular flexibility index (Phi) is 5.41. The van der Waals surface area contributed by atoms with E-state index in [1.54, 1.807) is 13.0 Å². The lowest BCUT2D eigenvalue weighted by Gasteiger charge is -2.10. The molecule has 156 valence electrons. The Labute approximate surface area is 179 Å². The van der Waals surface area contributed by atoms with Crippen LogP contribution in [-0.4, -0.2) is 21.5 Å². The largest absolute Gasteiger partial charge is 0.360 e. The van der Waals surface area contributed by atoms with Gasteiger partial charge < -0.3 is 9.09 Å². The molecule has 0 spiro atoms. The van der Waals surface area contributed by atoms with E-state index in [0.29, 0.717) is 17.0 Å². The van der Waals surface area contributed by atoms with Gasteiger partial charge in [0.15, 0.2) is 0 Å². The number of aromatic nitrogens is 2. The molecular weight excluding hydrogens is 392 g/mol. The van der Waals surface area contributed by atoms with Crippen molar-refractivity contribution in [2.75, 3.05) is 0 Å². The molecule has 0 unspecified atom stereocenters. The van der Waals surface area contributed by atoms with Crippen molar-refractivity contribution in [3.05, 3.63) is 95.0 Å². The third-order valence-corrected chi connectivity index (χ3v) is 5.12. The van der Waals surface area contributed by atoms with E-state index < -0.39 is 11.8 Å². The van der Waals surface area contributed by atoms with Gasteiger partial charge in [0.05, 0.1) is 5.56 Å². The van der Waals surface area contributed by atoms with Gasteiger partial charge in [0.25, 0.3) is 11.8 Å². The van der Waals surface area contributed by atoms with Gasteiger partial charge in [0.1, 0.15) is 17.0 Å². The van der Waals surface area contributed by atoms with Crippen LogP contribution in [0.2, 0.25) is 0 Å². The molecule has 2 N–H and O–H groups in total. The van der Waals surface area contributed by atoms with Crippen molar-refractivity contribution in [2.24, 2.45) is 0 Å². The van der Waals surface area contributed by atoms with Gasteiger partial charge in [-0.25, -0.2) is 0 Å². The number of benzene rings is 2. The average molecular weight is 414 g/mol. The van der Waals surface area contributed by atoms with Gasteiger partial charge in [-0.15, -0.1) is 0 Å². The normalized spacial score (nSPS) is 10.7. The molecule has 7 nitrogen and oxygen atoms in total. The molecule has 0 aliphatic carbocycles. The number of nitrogens with zero attached hydrogens (tertiary/aromatic N) is 2. The molecule has 0 saturated heterocycles. The third kappa shape index (κ3) is 3.85. The number of rotatable bonds is 4. The highest BCUT2D eigenvalue weighted by molar-refractivity contribution is 6.03. The van der Waals surface area contributed by atoms with E-state index in [1.165, 1.54) is 0 Å². The number of hydrogen-bond acceptors (Lipinski definition) is 4. The fourth-order valence-corrected chi connectivity index (χ4v) is 3.64. The molecule has 0 aliphatic rings. The Balaban J connectivity index is 1.53. The van der Waals surface area contributed by atoms with Crippen LogP contribution in [-0.2, 0) is 0 Å². The number of amides is 2. The third-order valence-electron chi connectivity index (χ3n) is 5.12. The summed E-state index contributed by atoms with van der Waals surface area (Å²) >= 11 is 0. The number of hydrazine groups is 1. The van der Waals surface area contributed by atoms with Crippen molar-refractivity contribution in [3.63, 3.8) is 0 Å². The second kappa shape index (κ2) is 8.31. The van der Waals surface area contributed by atoms with Crippen LogP contribution < -0.4 is 10.9 Å². The van der Waals surface area contributed by atoms with Crippen molar-refractivity contribution in [2.45, 2.75) is 20.8 Å². The summed E-state index contributed by atoms with van der Waals surface area (Å²) in [5.41, 5.74) is 9.58. The molecule has 31 heavy (non-hydrogen) atoms. The first-order valence-electron chi connectivity index (χ1n) is 9.84. The second-order valence-electron chi connectivity index (χ2n) is 7.19. The fourth-order valence-electron chi connectivity index (χ4n) is 3.64. The molecule has 0 saturated carbocycles. The molecule has 0 bridgehead atoms. The summed E-state index contributed by atoms with van der Waals surface area (Å²) in [6.07, 6.45) is 0. The van der Waals surface area contributed by atoms with Gasteiger partial charge in [-0.05, 0) is 39.0 Å². The summed E-state index contributed by atoms with van der Waals surface area (Å²) < 4.78 is 7.22. The van der Waals surface area contributed by atoms with Crippen LogP contribution in [0.25, 0.3) is 16.9 Å². The number of aryl methyl sites for hydroxylation is 2. The molecule has 2 aromatic heterocycles. The molecular formula is C24H22N4O3. The summed E-state index contributed by atoms with van der Waals surface area (Å²) in [4.78, 5) is 25.6. The zero-order valence-electron chi connectivity index (χ0n) is 17.5. The minimum Gasteiger partial charge on any atom is -0.360 e. The Morgan fingerprint density at radius 3 is 2.16 bits per heavy atom. The first-order chi connectivity index (χ1) is 15.0. The molecule has 0 aliphatic heterocycles. The van der Waals surface area contributed by atoms with Crippen LogP contribution in [0.1, 0.15) is 37.9 Å². The van der Waals surface area contributed by atoms with Gasteiger partial charge in [-0.2, -0.15) is 0 Å². The molecule has 2 aromatic carbocycles. The zero-order chi connectivity index (χ0) is 22.0. The molecule has 2 amide bonds. The maximum Gasteiger partial charge on any atom is 0.275 e. The van der Waals surface area contributed by atoms with Crippen molar-refractivity contribution >= 4 is 11.8 Å². The van der Waals surface area contributed by atoms with Crippen LogP contribution >= 0.6 is 0 Å². The average Bonchev–Trinajstić information content (AvgIpc) is 3.32. The first-order valence-corrected chi connectivity index (χ1v) is 9.84. The number of carbonyl (C=O) groups is 2. The zero-order valence-corrected chi connectivity index (χ0v) is 17.5. The van der Waals surface area contributed by atoms with Crippen molar-refractivity contribution in [1.29, 1.82) is 0 Å². The topological polar surface area (TPSA) is 89.2 Å². The molecule has 4 rings (SSSR count).